The third kappa shape index (κ3) is 23.3. The number of carbonyl (C=O) groups is 4. The molecule has 45 heteroatoms. The Morgan fingerprint density at radius 1 is 0.391 bits per heavy atom. The molecule has 1 N–H and O–H groups in total. The van der Waals surface area contributed by atoms with Crippen LogP contribution in [0.25, 0.3) is 0 Å². The second kappa shape index (κ2) is 43.3. The van der Waals surface area contributed by atoms with Gasteiger partial charge in [-0.2, -0.15) is 21.3 Å². The molecule has 25 nitrogen and oxygen atoms in total. The summed E-state index contributed by atoms with van der Waals surface area (Å²) in [6.07, 6.45) is 16.9. The summed E-state index contributed by atoms with van der Waals surface area (Å²) < 4.78 is 93.2. The van der Waals surface area contributed by atoms with Gasteiger partial charge in [-0.05, 0) is 249 Å². The molecule has 7 aliphatic rings. The summed E-state index contributed by atoms with van der Waals surface area (Å²) >= 11 is 64.9. The topological polar surface area (TPSA) is 278 Å². The number of hydrogen-bond donors (Lipinski definition) is 1. The van der Waals surface area contributed by atoms with Crippen LogP contribution >= 0.6 is 190 Å². The van der Waals surface area contributed by atoms with E-state index in [1.165, 1.54) is 68.9 Å². The van der Waals surface area contributed by atoms with Crippen LogP contribution in [0.1, 0.15) is 131 Å². The molecular weight excluding hydrogens is 2400 g/mol. The number of anilines is 8. The number of rotatable bonds is 15. The molecule has 722 valence electrons. The first-order chi connectivity index (χ1) is 63.6. The van der Waals surface area contributed by atoms with Crippen LogP contribution in [0.5, 0.6) is 0 Å². The fraction of sp³-hybridized carbons (Fsp3) is 0.301. The maximum Gasteiger partial charge on any atom is 2.00 e. The average molecular weight is 2490 g/mol. The summed E-state index contributed by atoms with van der Waals surface area (Å²) in [5.74, 6) is 0.356. The van der Waals surface area contributed by atoms with Crippen LogP contribution in [0.3, 0.4) is 0 Å². The molecule has 0 radical (unpaired) electrons. The van der Waals surface area contributed by atoms with E-state index in [0.717, 1.165) is 56.2 Å². The summed E-state index contributed by atoms with van der Waals surface area (Å²) in [4.78, 5) is 77.2. The van der Waals surface area contributed by atoms with Gasteiger partial charge in [0.2, 0.25) is 23.8 Å². The minimum absolute atomic E-state index is 0. The number of aromatic nitrogens is 8. The molecule has 1 aliphatic carbocycles. The molecule has 0 bridgehead atoms. The summed E-state index contributed by atoms with van der Waals surface area (Å²) in [5, 5.41) is 2.42. The number of fused-ring (bicyclic) bond motifs is 4. The van der Waals surface area contributed by atoms with Gasteiger partial charge in [-0.25, -0.2) is 48.0 Å². The van der Waals surface area contributed by atoms with E-state index in [2.05, 4.69) is 113 Å². The van der Waals surface area contributed by atoms with Crippen molar-refractivity contribution in [2.75, 3.05) is 19.6 Å². The third-order valence-corrected chi connectivity index (χ3v) is 31.5. The largest absolute Gasteiger partial charge is 2.00 e. The zero-order chi connectivity index (χ0) is 99.0. The van der Waals surface area contributed by atoms with E-state index in [1.807, 2.05) is 182 Å². The number of amides is 4. The van der Waals surface area contributed by atoms with Crippen molar-refractivity contribution in [2.24, 2.45) is 0 Å². The van der Waals surface area contributed by atoms with Crippen LogP contribution in [0.15, 0.2) is 229 Å². The first-order valence-corrected chi connectivity index (χ1v) is 53.2. The van der Waals surface area contributed by atoms with E-state index in [-0.39, 0.29) is 105 Å². The van der Waals surface area contributed by atoms with Gasteiger partial charge in [-0.3, -0.25) is 37.4 Å². The molecule has 0 unspecified atom stereocenters. The molecule has 0 spiro atoms. The van der Waals surface area contributed by atoms with Crippen LogP contribution in [0, 0.1) is 10.1 Å². The maximum atomic E-state index is 13.7. The van der Waals surface area contributed by atoms with Gasteiger partial charge in [0.1, 0.15) is 25.9 Å². The van der Waals surface area contributed by atoms with Crippen molar-refractivity contribution >= 4 is 316 Å². The Hall–Kier alpha value is -5.37. The molecular formula is C93H87B2Br4Cl10IMgN12O13S2. The fourth-order valence-electron chi connectivity index (χ4n) is 16.7. The van der Waals surface area contributed by atoms with Crippen molar-refractivity contribution in [3.63, 3.8) is 0 Å². The first-order valence-electron chi connectivity index (χ1n) is 42.2. The predicted molar refractivity (Wildman–Crippen MR) is 566 cm³/mol. The zero-order valence-corrected chi connectivity index (χ0v) is 95.0. The van der Waals surface area contributed by atoms with Crippen LogP contribution in [-0.4, -0.2) is 143 Å². The van der Waals surface area contributed by atoms with Gasteiger partial charge in [-0.1, -0.05) is 218 Å². The molecule has 12 aromatic rings. The van der Waals surface area contributed by atoms with E-state index in [9.17, 15) is 40.6 Å². The molecule has 4 aromatic heterocycles. The number of carbonyl (C=O) groups excluding carboxylic acids is 4. The van der Waals surface area contributed by atoms with Crippen molar-refractivity contribution in [3.8, 4) is 0 Å². The van der Waals surface area contributed by atoms with E-state index in [0.29, 0.717) is 87.7 Å². The number of benzene rings is 8. The Bertz CT molecular complexity index is 6530. The number of nitrogens with zero attached hydrogens (tertiary/aromatic N) is 12. The second-order valence-corrected chi connectivity index (χ2v) is 48.0. The van der Waals surface area contributed by atoms with Crippen LogP contribution in [-0.2, 0) is 105 Å². The summed E-state index contributed by atoms with van der Waals surface area (Å²) in [7, 11) is -4.10. The molecule has 4 amide bonds. The van der Waals surface area contributed by atoms with Gasteiger partial charge in [0.15, 0.2) is 10.1 Å². The van der Waals surface area contributed by atoms with Gasteiger partial charge in [-0.15, -0.1) is 0 Å². The molecule has 3 fully saturated rings. The summed E-state index contributed by atoms with van der Waals surface area (Å²) in [6, 6.07) is 50.1. The minimum atomic E-state index is -4.64. The van der Waals surface area contributed by atoms with E-state index >= 15 is 0 Å². The Morgan fingerprint density at radius 3 is 0.928 bits per heavy atom. The molecule has 10 heterocycles. The van der Waals surface area contributed by atoms with Crippen molar-refractivity contribution in [1.29, 1.82) is 0 Å². The average Bonchev–Trinajstić information content (AvgIpc) is 1.50. The van der Waals surface area contributed by atoms with Gasteiger partial charge >= 0.3 is 47.2 Å². The van der Waals surface area contributed by atoms with E-state index < -0.39 is 66.3 Å². The van der Waals surface area contributed by atoms with Crippen molar-refractivity contribution < 1.29 is 71.6 Å². The van der Waals surface area contributed by atoms with Crippen molar-refractivity contribution in [3.05, 3.63) is 291 Å². The van der Waals surface area contributed by atoms with Gasteiger partial charge < -0.3 is 42.0 Å². The SMILES string of the molecule is CC1(C)OB(B2OC(C)(C)C(C)(C)O2)OC1(C)C.C[C@@]1(Cc2ccc(Br)cc2)C(=O)N(c2cc(Cl)cc(Cl)c2)c2ncc(I)n21.C[C@@]1(Cc2ccc(Br)cc2)C(=O)N(c2cc(Cl)cc(Cl)c2)c2ncc(S(=O)(=O)Cl)n21.C[C@@]1(Cc2ccc(Br)cc2)C(=O)N(c2cc(Cl)cc(Cl)c2)c2ncc(S(=O)(=O)O)n21.C[C@@]1(Cc2ccc(Br)cc2)C(=O)N(c2cc(Cl)cc(Cl)c2)c2nccn21.[CH-]1CCCC1.[Cl-].[Mg+2]. The Kier molecular flexibility index (Phi) is 35.0. The van der Waals surface area contributed by atoms with E-state index in [4.69, 9.17) is 122 Å². The van der Waals surface area contributed by atoms with E-state index in [1.54, 1.807) is 84.6 Å². The quantitative estimate of drug-likeness (QED) is 0.0328. The molecule has 6 aliphatic heterocycles. The monoisotopic (exact) mass is 2480 g/mol. The van der Waals surface area contributed by atoms with Crippen molar-refractivity contribution in [1.82, 2.24) is 38.2 Å². The molecule has 2 saturated heterocycles. The molecule has 138 heavy (non-hydrogen) atoms. The summed E-state index contributed by atoms with van der Waals surface area (Å²) in [6.45, 7) is 23.3. The van der Waals surface area contributed by atoms with Gasteiger partial charge in [0.25, 0.3) is 32.7 Å². The van der Waals surface area contributed by atoms with Gasteiger partial charge in [0.05, 0.1) is 63.7 Å². The molecule has 1 saturated carbocycles. The third-order valence-electron chi connectivity index (χ3n) is 24.8. The molecule has 4 atom stereocenters. The Balaban J connectivity index is 0.000000153. The molecule has 8 aromatic carbocycles. The normalized spacial score (nSPS) is 20.5. The minimum Gasteiger partial charge on any atom is -1.00 e. The van der Waals surface area contributed by atoms with Crippen LogP contribution in [0.4, 0.5) is 46.5 Å². The van der Waals surface area contributed by atoms with Gasteiger partial charge in [0, 0.05) is 107 Å². The first kappa shape index (κ1) is 111. The Labute approximate surface area is 915 Å². The fourth-order valence-corrected chi connectivity index (χ4v) is 22.4. The predicted octanol–water partition coefficient (Wildman–Crippen LogP) is 22.8. The summed E-state index contributed by atoms with van der Waals surface area (Å²) in [5.41, 5.74) is -0.00725. The number of imidazole rings is 4. The zero-order valence-electron chi connectivity index (χ0n) is 75.8. The number of hydrogen-bond acceptors (Lipinski definition) is 16. The Morgan fingerprint density at radius 2 is 0.645 bits per heavy atom. The van der Waals surface area contributed by atoms with Crippen LogP contribution < -0.4 is 32.0 Å². The smallest absolute Gasteiger partial charge is 1.00 e. The standard InChI is InChI=1S/C19H13BrCl3N3O3S.C19H13BrCl2IN3O.C19H14BrCl2N3O4S.C19H14BrCl2N3O.C12H24B2O4.C5H9.ClH.Mg/c1-19(9-11-2-4-12(20)5-3-11)17(27)25(15-7-13(21)6-14(22)8-15)18-24-10-16(26(18)19)30(23,28)29;1-19(9-11-2-4-12(20)5-3-11)17(27)25(18-24-10-16(23)26(18)19)15-7-13(21)6-14(22)8-15;1-19(9-11-2-4-12(20)5-3-11)17(26)24(15-7-13(21)6-14(22)8-15)18-23-10-16(25(18)19)30(27,28)29;1-19(11-12-2-4-13(20)5-3-12)17(26)25(18-23-6-7-24(18)19)16-9-14(21)8-15(22)10-16;1-9(2)10(3,4)16-13(15-9)14-17-11(5,6)12(7,8)18-14;1-2-4-5-3-1;;/h2-8,10H,9H2,1H3;2-8,10H,9H2,1H3;2-8,10H,9H2,1H3,(H,27,28,29);2-10H,11H2,1H3;1-8H3;1H,2-5H2;1H;/q;;;;;-1;;+2/p-1/t4*19-;;;;/m1111..../s1. The van der Waals surface area contributed by atoms with Crippen molar-refractivity contribution in [2.45, 2.75) is 189 Å². The second-order valence-electron chi connectivity index (χ2n) is 35.9. The maximum absolute atomic E-state index is 13.7. The number of halogens is 15. The van der Waals surface area contributed by atoms with Crippen LogP contribution in [0.2, 0.25) is 40.2 Å². The molecule has 19 rings (SSSR count).